The van der Waals surface area contributed by atoms with Crippen molar-refractivity contribution in [3.05, 3.63) is 64.2 Å². The molecule has 148 valence electrons. The van der Waals surface area contributed by atoms with Gasteiger partial charge in [-0.3, -0.25) is 14.7 Å². The van der Waals surface area contributed by atoms with Crippen molar-refractivity contribution in [3.63, 3.8) is 0 Å². The maximum atomic E-state index is 12.8. The van der Waals surface area contributed by atoms with E-state index >= 15 is 0 Å². The topological polar surface area (TPSA) is 79.3 Å². The summed E-state index contributed by atoms with van der Waals surface area (Å²) in [6.07, 6.45) is 3.35. The van der Waals surface area contributed by atoms with Crippen LogP contribution in [0, 0.1) is 0 Å². The van der Waals surface area contributed by atoms with Gasteiger partial charge in [0.25, 0.3) is 5.56 Å². The van der Waals surface area contributed by atoms with Gasteiger partial charge in [-0.1, -0.05) is 24.8 Å². The van der Waals surface area contributed by atoms with Crippen LogP contribution in [0.4, 0.5) is 0 Å². The number of carbonyl (C=O) groups is 1. The molecule has 1 amide bonds. The zero-order valence-electron chi connectivity index (χ0n) is 16.7. The molecule has 29 heavy (non-hydrogen) atoms. The molecule has 1 fully saturated rings. The fourth-order valence-electron chi connectivity index (χ4n) is 4.35. The van der Waals surface area contributed by atoms with Crippen LogP contribution in [0.25, 0.3) is 22.3 Å². The van der Waals surface area contributed by atoms with E-state index in [1.54, 1.807) is 6.07 Å². The maximum absolute atomic E-state index is 12.8. The fraction of sp³-hybridized carbons (Fsp3) is 0.348. The van der Waals surface area contributed by atoms with Crippen molar-refractivity contribution < 1.29 is 4.79 Å². The molecule has 3 aromatic rings. The number of nitrogens with one attached hydrogen (secondary N) is 2. The van der Waals surface area contributed by atoms with Crippen molar-refractivity contribution in [3.8, 4) is 11.1 Å². The number of hydrogen-bond acceptors (Lipinski definition) is 3. The van der Waals surface area contributed by atoms with E-state index in [0.717, 1.165) is 42.4 Å². The van der Waals surface area contributed by atoms with Gasteiger partial charge in [-0.15, -0.1) is 0 Å². The Morgan fingerprint density at radius 3 is 2.66 bits per heavy atom. The van der Waals surface area contributed by atoms with Gasteiger partial charge < -0.3 is 5.32 Å². The van der Waals surface area contributed by atoms with Gasteiger partial charge >= 0.3 is 0 Å². The third-order valence-corrected chi connectivity index (χ3v) is 6.08. The standard InChI is InChI=1S/C23H24N4O2/c1-13(2)24-22(29)23(11-12-23)21-25-20-18(9-10-19(28)27(20)26-21)16-6-4-5-15-14(3)7-8-17(15)16/h4-6,9-10,13H,3,7-8,11-12H2,1-2H3,(H,24,29)(H,25,26). The van der Waals surface area contributed by atoms with Crippen LogP contribution in [0.5, 0.6) is 0 Å². The number of aromatic amines is 1. The van der Waals surface area contributed by atoms with E-state index in [9.17, 15) is 9.59 Å². The third kappa shape index (κ3) is 2.66. The highest BCUT2D eigenvalue weighted by Gasteiger charge is 2.54. The molecular formula is C23H24N4O2. The summed E-state index contributed by atoms with van der Waals surface area (Å²) in [5.41, 5.74) is 5.30. The Hall–Kier alpha value is -3.15. The SMILES string of the molecule is C=C1CCc2c1cccc2-c1ccc(=O)n2[nH]c(C3(C(=O)NC(C)C)CC3)nc12. The van der Waals surface area contributed by atoms with Crippen molar-refractivity contribution in [1.82, 2.24) is 19.9 Å². The molecule has 0 radical (unpaired) electrons. The summed E-state index contributed by atoms with van der Waals surface area (Å²) in [4.78, 5) is 30.1. The zero-order valence-corrected chi connectivity index (χ0v) is 16.7. The number of pyridine rings is 1. The van der Waals surface area contributed by atoms with E-state index < -0.39 is 5.41 Å². The molecule has 1 aromatic carbocycles. The molecular weight excluding hydrogens is 364 g/mol. The van der Waals surface area contributed by atoms with Crippen LogP contribution < -0.4 is 10.9 Å². The second-order valence-electron chi connectivity index (χ2n) is 8.46. The zero-order chi connectivity index (χ0) is 20.3. The first kappa shape index (κ1) is 17.9. The summed E-state index contributed by atoms with van der Waals surface area (Å²) in [7, 11) is 0. The second kappa shape index (κ2) is 6.17. The molecule has 6 nitrogen and oxygen atoms in total. The largest absolute Gasteiger partial charge is 0.353 e. The first-order chi connectivity index (χ1) is 13.9. The molecule has 6 heteroatoms. The van der Waals surface area contributed by atoms with Gasteiger partial charge in [-0.25, -0.2) is 4.98 Å². The van der Waals surface area contributed by atoms with Crippen molar-refractivity contribution in [2.45, 2.75) is 51.0 Å². The van der Waals surface area contributed by atoms with Crippen LogP contribution in [0.1, 0.15) is 50.1 Å². The number of rotatable bonds is 4. The van der Waals surface area contributed by atoms with Crippen LogP contribution in [0.2, 0.25) is 0 Å². The Kier molecular flexibility index (Phi) is 3.81. The predicted molar refractivity (Wildman–Crippen MR) is 113 cm³/mol. The molecule has 0 saturated heterocycles. The molecule has 0 bridgehead atoms. The van der Waals surface area contributed by atoms with Gasteiger partial charge in [0.15, 0.2) is 5.65 Å². The van der Waals surface area contributed by atoms with Gasteiger partial charge in [0.2, 0.25) is 5.91 Å². The predicted octanol–water partition coefficient (Wildman–Crippen LogP) is 3.21. The molecule has 0 aliphatic heterocycles. The number of H-pyrrole nitrogens is 1. The highest BCUT2D eigenvalue weighted by atomic mass is 16.2. The van der Waals surface area contributed by atoms with E-state index in [0.29, 0.717) is 11.5 Å². The highest BCUT2D eigenvalue weighted by Crippen LogP contribution is 2.47. The van der Waals surface area contributed by atoms with Crippen LogP contribution in [0.3, 0.4) is 0 Å². The molecule has 1 saturated carbocycles. The van der Waals surface area contributed by atoms with Gasteiger partial charge in [0.1, 0.15) is 11.2 Å². The van der Waals surface area contributed by atoms with E-state index in [2.05, 4.69) is 29.1 Å². The second-order valence-corrected chi connectivity index (χ2v) is 8.46. The number of nitrogens with zero attached hydrogens (tertiary/aromatic N) is 2. The molecule has 2 heterocycles. The average molecular weight is 388 g/mol. The number of hydrogen-bond donors (Lipinski definition) is 2. The first-order valence-corrected chi connectivity index (χ1v) is 10.1. The molecule has 0 spiro atoms. The van der Waals surface area contributed by atoms with Crippen LogP contribution >= 0.6 is 0 Å². The Bertz CT molecular complexity index is 1230. The van der Waals surface area contributed by atoms with E-state index in [1.165, 1.54) is 15.6 Å². The van der Waals surface area contributed by atoms with Crippen molar-refractivity contribution in [2.24, 2.45) is 0 Å². The van der Waals surface area contributed by atoms with E-state index in [-0.39, 0.29) is 17.5 Å². The third-order valence-electron chi connectivity index (χ3n) is 6.08. The molecule has 2 aromatic heterocycles. The monoisotopic (exact) mass is 388 g/mol. The Morgan fingerprint density at radius 2 is 1.93 bits per heavy atom. The molecule has 2 N–H and O–H groups in total. The smallest absolute Gasteiger partial charge is 0.271 e. The van der Waals surface area contributed by atoms with Gasteiger partial charge in [0.05, 0.1) is 0 Å². The van der Waals surface area contributed by atoms with Gasteiger partial charge in [-0.2, -0.15) is 4.52 Å². The number of amides is 1. The Balaban J connectivity index is 1.67. The molecule has 0 unspecified atom stereocenters. The van der Waals surface area contributed by atoms with Crippen LogP contribution in [0.15, 0.2) is 41.7 Å². The minimum absolute atomic E-state index is 0.0296. The summed E-state index contributed by atoms with van der Waals surface area (Å²) in [6.45, 7) is 8.06. The lowest BCUT2D eigenvalue weighted by molar-refractivity contribution is -0.124. The van der Waals surface area contributed by atoms with E-state index in [4.69, 9.17) is 4.98 Å². The average Bonchev–Trinajstić information content (AvgIpc) is 3.23. The summed E-state index contributed by atoms with van der Waals surface area (Å²) in [5, 5.41) is 6.11. The van der Waals surface area contributed by atoms with E-state index in [1.807, 2.05) is 26.0 Å². The minimum Gasteiger partial charge on any atom is -0.353 e. The lowest BCUT2D eigenvalue weighted by Gasteiger charge is -2.14. The molecule has 2 aliphatic rings. The summed E-state index contributed by atoms with van der Waals surface area (Å²) in [6, 6.07) is 9.66. The molecule has 2 aliphatic carbocycles. The molecule has 0 atom stereocenters. The van der Waals surface area contributed by atoms with Crippen LogP contribution in [-0.4, -0.2) is 26.5 Å². The number of allylic oxidation sites excluding steroid dienone is 1. The summed E-state index contributed by atoms with van der Waals surface area (Å²) < 4.78 is 1.47. The number of benzene rings is 1. The maximum Gasteiger partial charge on any atom is 0.271 e. The fourth-order valence-corrected chi connectivity index (χ4v) is 4.35. The minimum atomic E-state index is -0.660. The quantitative estimate of drug-likeness (QED) is 0.720. The molecule has 5 rings (SSSR count). The van der Waals surface area contributed by atoms with Crippen molar-refractivity contribution in [1.29, 1.82) is 0 Å². The van der Waals surface area contributed by atoms with Crippen LogP contribution in [-0.2, 0) is 16.6 Å². The number of aromatic nitrogens is 3. The lowest BCUT2D eigenvalue weighted by atomic mass is 9.97. The normalized spacial score (nSPS) is 17.0. The van der Waals surface area contributed by atoms with Gasteiger partial charge in [-0.05, 0) is 67.9 Å². The van der Waals surface area contributed by atoms with Crippen molar-refractivity contribution in [2.75, 3.05) is 0 Å². The van der Waals surface area contributed by atoms with Gasteiger partial charge in [0, 0.05) is 17.7 Å². The lowest BCUT2D eigenvalue weighted by Crippen LogP contribution is -2.39. The Morgan fingerprint density at radius 1 is 1.17 bits per heavy atom. The summed E-state index contributed by atoms with van der Waals surface area (Å²) in [5.74, 6) is 0.537. The Labute approximate surface area is 168 Å². The van der Waals surface area contributed by atoms with Crippen molar-refractivity contribution >= 4 is 17.1 Å². The number of carbonyl (C=O) groups excluding carboxylic acids is 1. The highest BCUT2D eigenvalue weighted by molar-refractivity contribution is 5.91. The first-order valence-electron chi connectivity index (χ1n) is 10.1. The summed E-state index contributed by atoms with van der Waals surface area (Å²) >= 11 is 0. The number of fused-ring (bicyclic) bond motifs is 2.